The van der Waals surface area contributed by atoms with Crippen molar-refractivity contribution < 1.29 is 0 Å². The molecule has 0 bridgehead atoms. The molecule has 0 atom stereocenters. The van der Waals surface area contributed by atoms with Gasteiger partial charge in [-0.15, -0.1) is 0 Å². The van der Waals surface area contributed by atoms with Gasteiger partial charge in [0, 0.05) is 24.3 Å². The normalized spacial score (nSPS) is 13.7. The molecule has 0 radical (unpaired) electrons. The van der Waals surface area contributed by atoms with Crippen molar-refractivity contribution >= 4 is 0 Å². The number of pyridine rings is 1. The van der Waals surface area contributed by atoms with E-state index < -0.39 is 0 Å². The van der Waals surface area contributed by atoms with Crippen LogP contribution in [0.1, 0.15) is 29.8 Å². The van der Waals surface area contributed by atoms with Gasteiger partial charge in [0.15, 0.2) is 11.4 Å². The smallest absolute Gasteiger partial charge is 0.177 e. The van der Waals surface area contributed by atoms with Crippen molar-refractivity contribution in [2.45, 2.75) is 25.4 Å². The Kier molecular flexibility index (Phi) is 3.16. The van der Waals surface area contributed by atoms with Gasteiger partial charge in [-0.25, -0.2) is 9.97 Å². The van der Waals surface area contributed by atoms with Crippen LogP contribution in [0, 0.1) is 22.7 Å². The summed E-state index contributed by atoms with van der Waals surface area (Å²) >= 11 is 0. The number of aromatic nitrogens is 3. The highest BCUT2D eigenvalue weighted by Crippen LogP contribution is 2.21. The molecule has 98 valence electrons. The first-order chi connectivity index (χ1) is 9.83. The summed E-state index contributed by atoms with van der Waals surface area (Å²) in [6.45, 7) is 0.693. The van der Waals surface area contributed by atoms with E-state index in [-0.39, 0.29) is 11.4 Å². The van der Waals surface area contributed by atoms with Crippen molar-refractivity contribution in [3.63, 3.8) is 0 Å². The number of nitrogens with one attached hydrogen (secondary N) is 1. The van der Waals surface area contributed by atoms with Gasteiger partial charge in [-0.05, 0) is 18.9 Å². The van der Waals surface area contributed by atoms with Crippen LogP contribution in [0.2, 0.25) is 0 Å². The third kappa shape index (κ3) is 2.25. The molecule has 1 N–H and O–H groups in total. The molecule has 2 aromatic heterocycles. The van der Waals surface area contributed by atoms with E-state index >= 15 is 0 Å². The molecule has 6 heteroatoms. The molecular weight excluding hydrogens is 252 g/mol. The van der Waals surface area contributed by atoms with E-state index in [1.54, 1.807) is 10.8 Å². The second-order valence-electron chi connectivity index (χ2n) is 4.68. The Balaban J connectivity index is 1.99. The molecule has 1 saturated carbocycles. The average molecular weight is 264 g/mol. The lowest BCUT2D eigenvalue weighted by Crippen LogP contribution is -2.17. The first-order valence-electron chi connectivity index (χ1n) is 6.38. The molecule has 1 aliphatic rings. The Bertz CT molecular complexity index is 714. The van der Waals surface area contributed by atoms with Gasteiger partial charge in [0.2, 0.25) is 0 Å². The van der Waals surface area contributed by atoms with Gasteiger partial charge in [-0.3, -0.25) is 4.57 Å². The lowest BCUT2D eigenvalue weighted by molar-refractivity contribution is 0.681. The Morgan fingerprint density at radius 3 is 2.85 bits per heavy atom. The number of hydrogen-bond acceptors (Lipinski definition) is 5. The highest BCUT2D eigenvalue weighted by molar-refractivity contribution is 5.44. The Labute approximate surface area is 116 Å². The SMILES string of the molecule is N#Cc1ncn(-c2ncccc2CNC2CC2)c1C#N. The molecule has 2 heterocycles. The van der Waals surface area contributed by atoms with Gasteiger partial charge < -0.3 is 5.32 Å². The molecule has 1 fully saturated rings. The third-order valence-corrected chi connectivity index (χ3v) is 3.23. The summed E-state index contributed by atoms with van der Waals surface area (Å²) < 4.78 is 1.57. The lowest BCUT2D eigenvalue weighted by Gasteiger charge is -2.10. The summed E-state index contributed by atoms with van der Waals surface area (Å²) in [6, 6.07) is 8.35. The van der Waals surface area contributed by atoms with Crippen molar-refractivity contribution in [2.24, 2.45) is 0 Å². The molecule has 0 spiro atoms. The zero-order chi connectivity index (χ0) is 13.9. The van der Waals surface area contributed by atoms with Crippen molar-refractivity contribution in [1.82, 2.24) is 19.9 Å². The van der Waals surface area contributed by atoms with Gasteiger partial charge >= 0.3 is 0 Å². The Morgan fingerprint density at radius 2 is 2.15 bits per heavy atom. The van der Waals surface area contributed by atoms with Gasteiger partial charge in [0.05, 0.1) is 0 Å². The van der Waals surface area contributed by atoms with E-state index in [1.807, 2.05) is 24.3 Å². The summed E-state index contributed by atoms with van der Waals surface area (Å²) in [5.41, 5.74) is 1.33. The fraction of sp³-hybridized carbons (Fsp3) is 0.286. The largest absolute Gasteiger partial charge is 0.310 e. The minimum Gasteiger partial charge on any atom is -0.310 e. The van der Waals surface area contributed by atoms with Crippen molar-refractivity contribution in [3.05, 3.63) is 41.6 Å². The van der Waals surface area contributed by atoms with Crippen molar-refractivity contribution in [2.75, 3.05) is 0 Å². The standard InChI is InChI=1S/C14H12N6/c15-6-12-13(7-16)20(9-19-12)14-10(2-1-5-17-14)8-18-11-3-4-11/h1-2,5,9,11,18H,3-4,8H2. The van der Waals surface area contributed by atoms with Crippen molar-refractivity contribution in [1.29, 1.82) is 10.5 Å². The predicted molar refractivity (Wildman–Crippen MR) is 70.7 cm³/mol. The molecule has 0 amide bonds. The number of nitrogens with zero attached hydrogens (tertiary/aromatic N) is 5. The predicted octanol–water partition coefficient (Wildman–Crippen LogP) is 1.26. The topological polar surface area (TPSA) is 90.3 Å². The van der Waals surface area contributed by atoms with Gasteiger partial charge in [-0.2, -0.15) is 10.5 Å². The van der Waals surface area contributed by atoms with Gasteiger partial charge in [-0.1, -0.05) is 6.07 Å². The summed E-state index contributed by atoms with van der Waals surface area (Å²) in [6.07, 6.45) is 5.56. The van der Waals surface area contributed by atoms with Crippen LogP contribution in [0.4, 0.5) is 0 Å². The molecule has 0 unspecified atom stereocenters. The molecule has 0 saturated heterocycles. The maximum atomic E-state index is 9.19. The number of nitriles is 2. The summed E-state index contributed by atoms with van der Waals surface area (Å²) in [4.78, 5) is 8.28. The fourth-order valence-electron chi connectivity index (χ4n) is 2.02. The Hall–Kier alpha value is -2.70. The van der Waals surface area contributed by atoms with Crippen LogP contribution in [0.15, 0.2) is 24.7 Å². The maximum Gasteiger partial charge on any atom is 0.177 e. The first-order valence-corrected chi connectivity index (χ1v) is 6.38. The van der Waals surface area contributed by atoms with Crippen molar-refractivity contribution in [3.8, 4) is 18.0 Å². The van der Waals surface area contributed by atoms with Gasteiger partial charge in [0.1, 0.15) is 24.3 Å². The van der Waals surface area contributed by atoms with Crippen LogP contribution >= 0.6 is 0 Å². The highest BCUT2D eigenvalue weighted by atomic mass is 15.1. The fourth-order valence-corrected chi connectivity index (χ4v) is 2.02. The van der Waals surface area contributed by atoms with Crippen LogP contribution in [-0.2, 0) is 6.54 Å². The monoisotopic (exact) mass is 264 g/mol. The van der Waals surface area contributed by atoms with Crippen LogP contribution in [0.25, 0.3) is 5.82 Å². The lowest BCUT2D eigenvalue weighted by atomic mass is 10.2. The minimum absolute atomic E-state index is 0.124. The van der Waals surface area contributed by atoms with E-state index in [1.165, 1.54) is 19.2 Å². The van der Waals surface area contributed by atoms with E-state index in [9.17, 15) is 5.26 Å². The van der Waals surface area contributed by atoms with Gasteiger partial charge in [0.25, 0.3) is 0 Å². The molecule has 0 aliphatic heterocycles. The molecule has 1 aliphatic carbocycles. The van der Waals surface area contributed by atoms with E-state index in [4.69, 9.17) is 5.26 Å². The second-order valence-corrected chi connectivity index (χ2v) is 4.68. The molecule has 2 aromatic rings. The second kappa shape index (κ2) is 5.12. The van der Waals surface area contributed by atoms with Crippen LogP contribution in [0.3, 0.4) is 0 Å². The highest BCUT2D eigenvalue weighted by Gasteiger charge is 2.21. The quantitative estimate of drug-likeness (QED) is 0.897. The summed E-state index contributed by atoms with van der Waals surface area (Å²) in [5.74, 6) is 0.645. The van der Waals surface area contributed by atoms with Crippen LogP contribution in [0.5, 0.6) is 0 Å². The van der Waals surface area contributed by atoms with E-state index in [0.717, 1.165) is 5.56 Å². The average Bonchev–Trinajstić information content (AvgIpc) is 3.23. The molecule has 3 rings (SSSR count). The zero-order valence-corrected chi connectivity index (χ0v) is 10.7. The molecule has 0 aromatic carbocycles. The minimum atomic E-state index is 0.124. The summed E-state index contributed by atoms with van der Waals surface area (Å²) in [7, 11) is 0. The first kappa shape index (κ1) is 12.3. The van der Waals surface area contributed by atoms with E-state index in [2.05, 4.69) is 15.3 Å². The number of hydrogen-bond donors (Lipinski definition) is 1. The maximum absolute atomic E-state index is 9.19. The number of imidazole rings is 1. The molecule has 6 nitrogen and oxygen atoms in total. The third-order valence-electron chi connectivity index (χ3n) is 3.23. The van der Waals surface area contributed by atoms with Crippen LogP contribution in [-0.4, -0.2) is 20.6 Å². The molecule has 20 heavy (non-hydrogen) atoms. The Morgan fingerprint density at radius 1 is 1.30 bits per heavy atom. The zero-order valence-electron chi connectivity index (χ0n) is 10.7. The summed E-state index contributed by atoms with van der Waals surface area (Å²) in [5, 5.41) is 21.6. The number of rotatable bonds is 4. The van der Waals surface area contributed by atoms with E-state index in [0.29, 0.717) is 18.4 Å². The molecular formula is C14H12N6. The van der Waals surface area contributed by atoms with Crippen LogP contribution < -0.4 is 5.32 Å².